The predicted octanol–water partition coefficient (Wildman–Crippen LogP) is 1.25. The predicted molar refractivity (Wildman–Crippen MR) is 92.9 cm³/mol. The maximum Gasteiger partial charge on any atom is 0.410 e. The van der Waals surface area contributed by atoms with Crippen molar-refractivity contribution in [2.45, 2.75) is 58.2 Å². The molecule has 1 aromatic heterocycles. The number of amides is 2. The highest BCUT2D eigenvalue weighted by molar-refractivity contribution is 5.77. The quantitative estimate of drug-likeness (QED) is 0.823. The molecule has 8 nitrogen and oxygen atoms in total. The van der Waals surface area contributed by atoms with E-state index in [1.165, 1.54) is 0 Å². The number of rotatable bonds is 1. The fourth-order valence-corrected chi connectivity index (χ4v) is 3.47. The summed E-state index contributed by atoms with van der Waals surface area (Å²) in [6.45, 7) is 7.72. The number of likely N-dealkylation sites (tertiary alicyclic amines) is 1. The van der Waals surface area contributed by atoms with Crippen LogP contribution in [0.3, 0.4) is 0 Å². The molecular formula is C17H27N5O3. The van der Waals surface area contributed by atoms with E-state index in [4.69, 9.17) is 10.5 Å². The Morgan fingerprint density at radius 2 is 1.96 bits per heavy atom. The lowest BCUT2D eigenvalue weighted by Crippen LogP contribution is -2.50. The average Bonchev–Trinajstić information content (AvgIpc) is 2.78. The average molecular weight is 349 g/mol. The Bertz CT molecular complexity index is 656. The van der Waals surface area contributed by atoms with Crippen molar-refractivity contribution in [1.82, 2.24) is 19.6 Å². The zero-order chi connectivity index (χ0) is 18.2. The zero-order valence-electron chi connectivity index (χ0n) is 15.2. The minimum atomic E-state index is -0.489. The van der Waals surface area contributed by atoms with Gasteiger partial charge >= 0.3 is 6.09 Å². The van der Waals surface area contributed by atoms with Crippen molar-refractivity contribution in [3.05, 3.63) is 11.8 Å². The van der Waals surface area contributed by atoms with E-state index in [9.17, 15) is 9.59 Å². The fraction of sp³-hybridized carbons (Fsp3) is 0.706. The molecule has 0 aromatic carbocycles. The topological polar surface area (TPSA) is 93.7 Å². The van der Waals surface area contributed by atoms with Gasteiger partial charge in [0.15, 0.2) is 0 Å². The smallest absolute Gasteiger partial charge is 0.410 e. The van der Waals surface area contributed by atoms with E-state index >= 15 is 0 Å². The van der Waals surface area contributed by atoms with Gasteiger partial charge in [-0.1, -0.05) is 0 Å². The van der Waals surface area contributed by atoms with Crippen molar-refractivity contribution in [2.75, 3.05) is 25.4 Å². The summed E-state index contributed by atoms with van der Waals surface area (Å²) in [7, 11) is 0. The minimum absolute atomic E-state index is 0.0672. The third kappa shape index (κ3) is 4.05. The minimum Gasteiger partial charge on any atom is -0.444 e. The van der Waals surface area contributed by atoms with Gasteiger partial charge in [0, 0.05) is 43.9 Å². The third-order valence-corrected chi connectivity index (χ3v) is 4.65. The highest BCUT2D eigenvalue weighted by atomic mass is 16.6. The van der Waals surface area contributed by atoms with Crippen LogP contribution in [0.25, 0.3) is 0 Å². The molecule has 0 atom stereocenters. The van der Waals surface area contributed by atoms with Crippen LogP contribution < -0.4 is 5.73 Å². The van der Waals surface area contributed by atoms with Crippen LogP contribution in [0.2, 0.25) is 0 Å². The van der Waals surface area contributed by atoms with Crippen molar-refractivity contribution in [1.29, 1.82) is 0 Å². The lowest BCUT2D eigenvalue weighted by atomic mass is 10.0. The van der Waals surface area contributed by atoms with Crippen LogP contribution in [0, 0.1) is 0 Å². The first-order valence-electron chi connectivity index (χ1n) is 8.82. The van der Waals surface area contributed by atoms with Gasteiger partial charge in [-0.2, -0.15) is 5.10 Å². The normalized spacial score (nSPS) is 19.6. The van der Waals surface area contributed by atoms with Gasteiger partial charge in [-0.15, -0.1) is 0 Å². The van der Waals surface area contributed by atoms with E-state index in [0.29, 0.717) is 25.5 Å². The van der Waals surface area contributed by atoms with Crippen molar-refractivity contribution in [3.63, 3.8) is 0 Å². The second kappa shape index (κ2) is 6.57. The molecule has 3 rings (SSSR count). The number of fused-ring (bicyclic) bond motifs is 1. The Kier molecular flexibility index (Phi) is 4.62. The summed E-state index contributed by atoms with van der Waals surface area (Å²) < 4.78 is 7.13. The number of nitrogens with zero attached hydrogens (tertiary/aromatic N) is 4. The van der Waals surface area contributed by atoms with Crippen molar-refractivity contribution < 1.29 is 14.3 Å². The summed E-state index contributed by atoms with van der Waals surface area (Å²) in [6.07, 6.45) is 2.02. The molecule has 1 aromatic rings. The monoisotopic (exact) mass is 349 g/mol. The summed E-state index contributed by atoms with van der Waals surface area (Å²) in [4.78, 5) is 28.4. The zero-order valence-corrected chi connectivity index (χ0v) is 15.2. The standard InChI is InChI=1S/C17H27N5O3/c1-17(2,3)25-16(24)20-7-4-12(5-8-20)21-9-6-13-10-14(18)19-22(13)11-15(21)23/h10,12H,4-9,11H2,1-3H3,(H2,18,19). The molecule has 2 N–H and O–H groups in total. The number of anilines is 1. The molecule has 2 amide bonds. The van der Waals surface area contributed by atoms with Crippen LogP contribution in [0.5, 0.6) is 0 Å². The van der Waals surface area contributed by atoms with Gasteiger partial charge in [-0.25, -0.2) is 4.79 Å². The summed E-state index contributed by atoms with van der Waals surface area (Å²) in [6, 6.07) is 2.00. The molecule has 25 heavy (non-hydrogen) atoms. The largest absolute Gasteiger partial charge is 0.444 e. The van der Waals surface area contributed by atoms with E-state index < -0.39 is 5.60 Å². The number of hydrogen-bond donors (Lipinski definition) is 1. The maximum absolute atomic E-state index is 12.6. The van der Waals surface area contributed by atoms with Crippen molar-refractivity contribution in [2.24, 2.45) is 0 Å². The van der Waals surface area contributed by atoms with Gasteiger partial charge in [-0.3, -0.25) is 9.48 Å². The number of carbonyl (C=O) groups is 2. The Morgan fingerprint density at radius 1 is 1.28 bits per heavy atom. The third-order valence-electron chi connectivity index (χ3n) is 4.65. The number of piperidine rings is 1. The molecule has 0 saturated carbocycles. The van der Waals surface area contributed by atoms with E-state index in [-0.39, 0.29) is 24.6 Å². The number of nitrogen functional groups attached to an aromatic ring is 1. The number of nitrogens with two attached hydrogens (primary N) is 1. The number of carbonyl (C=O) groups excluding carboxylic acids is 2. The molecule has 1 saturated heterocycles. The molecule has 0 radical (unpaired) electrons. The van der Waals surface area contributed by atoms with Crippen molar-refractivity contribution in [3.8, 4) is 0 Å². The first kappa shape index (κ1) is 17.6. The van der Waals surface area contributed by atoms with Crippen molar-refractivity contribution >= 4 is 17.8 Å². The first-order chi connectivity index (χ1) is 11.7. The Balaban J connectivity index is 1.57. The number of ether oxygens (including phenoxy) is 1. The highest BCUT2D eigenvalue weighted by Gasteiger charge is 2.33. The molecule has 0 bridgehead atoms. The van der Waals surface area contributed by atoms with Crippen LogP contribution in [0.15, 0.2) is 6.07 Å². The molecule has 0 spiro atoms. The van der Waals surface area contributed by atoms with E-state index in [0.717, 1.165) is 25.0 Å². The summed E-state index contributed by atoms with van der Waals surface area (Å²) >= 11 is 0. The van der Waals surface area contributed by atoms with Crippen LogP contribution in [-0.4, -0.2) is 62.9 Å². The number of hydrogen-bond acceptors (Lipinski definition) is 5. The molecule has 2 aliphatic heterocycles. The van der Waals surface area contributed by atoms with E-state index in [1.54, 1.807) is 9.58 Å². The van der Waals surface area contributed by atoms with Gasteiger partial charge in [0.25, 0.3) is 0 Å². The lowest BCUT2D eigenvalue weighted by Gasteiger charge is -2.38. The Hall–Kier alpha value is -2.25. The van der Waals surface area contributed by atoms with Crippen LogP contribution in [-0.2, 0) is 22.5 Å². The van der Waals surface area contributed by atoms with E-state index in [2.05, 4.69) is 5.10 Å². The van der Waals surface area contributed by atoms with Crippen LogP contribution >= 0.6 is 0 Å². The molecule has 8 heteroatoms. The first-order valence-corrected chi connectivity index (χ1v) is 8.82. The Morgan fingerprint density at radius 3 is 2.60 bits per heavy atom. The van der Waals surface area contributed by atoms with E-state index in [1.807, 2.05) is 31.7 Å². The summed E-state index contributed by atoms with van der Waals surface area (Å²) in [5.41, 5.74) is 6.22. The SMILES string of the molecule is CC(C)(C)OC(=O)N1CCC(N2CCc3cc(N)nn3CC2=O)CC1. The lowest BCUT2D eigenvalue weighted by molar-refractivity contribution is -0.134. The molecule has 2 aliphatic rings. The van der Waals surface area contributed by atoms with Gasteiger partial charge in [0.2, 0.25) is 5.91 Å². The van der Waals surface area contributed by atoms with Gasteiger partial charge in [0.05, 0.1) is 0 Å². The molecule has 3 heterocycles. The van der Waals surface area contributed by atoms with Gasteiger partial charge in [-0.05, 0) is 33.6 Å². The highest BCUT2D eigenvalue weighted by Crippen LogP contribution is 2.22. The second-order valence-corrected chi connectivity index (χ2v) is 7.75. The molecular weight excluding hydrogens is 322 g/mol. The Labute approximate surface area is 147 Å². The number of aromatic nitrogens is 2. The molecule has 0 aliphatic carbocycles. The van der Waals surface area contributed by atoms with Crippen LogP contribution in [0.1, 0.15) is 39.3 Å². The fourth-order valence-electron chi connectivity index (χ4n) is 3.47. The molecule has 1 fully saturated rings. The van der Waals surface area contributed by atoms with Gasteiger partial charge in [0.1, 0.15) is 18.0 Å². The summed E-state index contributed by atoms with van der Waals surface area (Å²) in [5.74, 6) is 0.527. The molecule has 138 valence electrons. The maximum atomic E-state index is 12.6. The summed E-state index contributed by atoms with van der Waals surface area (Å²) in [5, 5.41) is 4.19. The molecule has 0 unspecified atom stereocenters. The van der Waals surface area contributed by atoms with Crippen LogP contribution in [0.4, 0.5) is 10.6 Å². The van der Waals surface area contributed by atoms with Gasteiger partial charge < -0.3 is 20.3 Å². The second-order valence-electron chi connectivity index (χ2n) is 7.75.